The highest BCUT2D eigenvalue weighted by molar-refractivity contribution is 5.74. The van der Waals surface area contributed by atoms with Crippen molar-refractivity contribution in [2.75, 3.05) is 5.32 Å². The number of hydrogen-bond donors (Lipinski definition) is 2. The van der Waals surface area contributed by atoms with Crippen LogP contribution in [0.3, 0.4) is 0 Å². The van der Waals surface area contributed by atoms with E-state index in [1.54, 1.807) is 6.92 Å². The molecule has 1 atom stereocenters. The third-order valence-corrected chi connectivity index (χ3v) is 2.09. The van der Waals surface area contributed by atoms with E-state index >= 15 is 0 Å². The molecule has 0 radical (unpaired) electrons. The largest absolute Gasteiger partial charge is 0.370 e. The molecule has 1 unspecified atom stereocenters. The van der Waals surface area contributed by atoms with E-state index in [2.05, 4.69) is 15.3 Å². The number of primary amides is 1. The Hall–Kier alpha value is -1.72. The van der Waals surface area contributed by atoms with Crippen LogP contribution in [0.15, 0.2) is 6.33 Å². The molecule has 0 aliphatic rings. The van der Waals surface area contributed by atoms with Crippen molar-refractivity contribution in [2.24, 2.45) is 5.73 Å². The first-order valence-electron chi connectivity index (χ1n) is 5.08. The Bertz CT molecular complexity index is 383. The van der Waals surface area contributed by atoms with E-state index in [-0.39, 0.29) is 18.3 Å². The van der Waals surface area contributed by atoms with Crippen LogP contribution in [-0.4, -0.2) is 21.9 Å². The molecule has 0 saturated heterocycles. The summed E-state index contributed by atoms with van der Waals surface area (Å²) in [6.45, 7) is 3.54. The van der Waals surface area contributed by atoms with Gasteiger partial charge in [-0.1, -0.05) is 6.92 Å². The van der Waals surface area contributed by atoms with E-state index in [9.17, 15) is 9.18 Å². The molecule has 1 aromatic heterocycles. The first-order chi connectivity index (χ1) is 7.54. The van der Waals surface area contributed by atoms with Crippen molar-refractivity contribution < 1.29 is 9.18 Å². The molecule has 16 heavy (non-hydrogen) atoms. The first-order valence-corrected chi connectivity index (χ1v) is 5.08. The Kier molecular flexibility index (Phi) is 4.16. The number of amides is 1. The number of carbonyl (C=O) groups is 1. The van der Waals surface area contributed by atoms with Gasteiger partial charge in [0.05, 0.1) is 5.69 Å². The van der Waals surface area contributed by atoms with E-state index in [1.807, 2.05) is 6.92 Å². The molecule has 1 amide bonds. The maximum Gasteiger partial charge on any atom is 0.219 e. The van der Waals surface area contributed by atoms with Gasteiger partial charge in [0, 0.05) is 12.5 Å². The molecule has 0 saturated carbocycles. The van der Waals surface area contributed by atoms with Crippen LogP contribution in [0.4, 0.5) is 10.2 Å². The van der Waals surface area contributed by atoms with Gasteiger partial charge in [0.1, 0.15) is 6.33 Å². The zero-order chi connectivity index (χ0) is 12.1. The molecule has 0 spiro atoms. The second-order valence-electron chi connectivity index (χ2n) is 3.55. The Balaban J connectivity index is 2.77. The first kappa shape index (κ1) is 12.4. The van der Waals surface area contributed by atoms with Crippen LogP contribution in [-0.2, 0) is 11.2 Å². The maximum atomic E-state index is 13.7. The normalized spacial score (nSPS) is 12.2. The van der Waals surface area contributed by atoms with Crippen molar-refractivity contribution in [3.8, 4) is 0 Å². The summed E-state index contributed by atoms with van der Waals surface area (Å²) in [5, 5.41) is 2.79. The lowest BCUT2D eigenvalue weighted by Crippen LogP contribution is -2.25. The maximum absolute atomic E-state index is 13.7. The molecular formula is C10H15FN4O. The standard InChI is InChI=1S/C10H15FN4O/c1-3-7-9(11)10(14-5-13-7)15-6(2)4-8(12)16/h5-6H,3-4H2,1-2H3,(H2,12,16)(H,13,14,15). The van der Waals surface area contributed by atoms with Crippen LogP contribution in [0.1, 0.15) is 26.0 Å². The van der Waals surface area contributed by atoms with E-state index in [1.165, 1.54) is 6.33 Å². The number of halogens is 1. The smallest absolute Gasteiger partial charge is 0.219 e. The molecule has 0 aliphatic carbocycles. The minimum Gasteiger partial charge on any atom is -0.370 e. The van der Waals surface area contributed by atoms with Crippen LogP contribution in [0, 0.1) is 5.82 Å². The molecule has 0 aromatic carbocycles. The van der Waals surface area contributed by atoms with Gasteiger partial charge in [0.25, 0.3) is 0 Å². The quantitative estimate of drug-likeness (QED) is 0.780. The van der Waals surface area contributed by atoms with E-state index < -0.39 is 11.7 Å². The third kappa shape index (κ3) is 3.15. The van der Waals surface area contributed by atoms with Gasteiger partial charge in [-0.2, -0.15) is 0 Å². The predicted octanol–water partition coefficient (Wildman–Crippen LogP) is 0.854. The van der Waals surface area contributed by atoms with Crippen molar-refractivity contribution in [2.45, 2.75) is 32.7 Å². The van der Waals surface area contributed by atoms with Crippen molar-refractivity contribution in [1.29, 1.82) is 0 Å². The van der Waals surface area contributed by atoms with Crippen LogP contribution >= 0.6 is 0 Å². The summed E-state index contributed by atoms with van der Waals surface area (Å²) in [7, 11) is 0. The fraction of sp³-hybridized carbons (Fsp3) is 0.500. The van der Waals surface area contributed by atoms with Crippen molar-refractivity contribution in [3.63, 3.8) is 0 Å². The summed E-state index contributed by atoms with van der Waals surface area (Å²) in [5.74, 6) is -0.799. The van der Waals surface area contributed by atoms with Crippen LogP contribution in [0.5, 0.6) is 0 Å². The number of anilines is 1. The van der Waals surface area contributed by atoms with Crippen molar-refractivity contribution in [1.82, 2.24) is 9.97 Å². The van der Waals surface area contributed by atoms with Crippen LogP contribution < -0.4 is 11.1 Å². The zero-order valence-corrected chi connectivity index (χ0v) is 9.33. The Morgan fingerprint density at radius 1 is 1.62 bits per heavy atom. The van der Waals surface area contributed by atoms with Gasteiger partial charge in [-0.05, 0) is 13.3 Å². The molecule has 88 valence electrons. The van der Waals surface area contributed by atoms with Gasteiger partial charge < -0.3 is 11.1 Å². The number of nitrogens with two attached hydrogens (primary N) is 1. The van der Waals surface area contributed by atoms with Gasteiger partial charge in [0.2, 0.25) is 5.91 Å². The number of nitrogens with zero attached hydrogens (tertiary/aromatic N) is 2. The number of aromatic nitrogens is 2. The van der Waals surface area contributed by atoms with Crippen LogP contribution in [0.2, 0.25) is 0 Å². The molecule has 0 fully saturated rings. The van der Waals surface area contributed by atoms with Crippen molar-refractivity contribution in [3.05, 3.63) is 17.8 Å². The molecule has 5 nitrogen and oxygen atoms in total. The lowest BCUT2D eigenvalue weighted by molar-refractivity contribution is -0.118. The number of hydrogen-bond acceptors (Lipinski definition) is 4. The molecule has 1 aromatic rings. The number of carbonyl (C=O) groups excluding carboxylic acids is 1. The van der Waals surface area contributed by atoms with E-state index in [4.69, 9.17) is 5.73 Å². The number of nitrogens with one attached hydrogen (secondary N) is 1. The zero-order valence-electron chi connectivity index (χ0n) is 9.33. The molecule has 0 aliphatic heterocycles. The van der Waals surface area contributed by atoms with Crippen LogP contribution in [0.25, 0.3) is 0 Å². The summed E-state index contributed by atoms with van der Waals surface area (Å²) in [6.07, 6.45) is 1.92. The Morgan fingerprint density at radius 3 is 2.88 bits per heavy atom. The summed E-state index contributed by atoms with van der Waals surface area (Å²) in [5.41, 5.74) is 5.39. The van der Waals surface area contributed by atoms with Crippen molar-refractivity contribution >= 4 is 11.7 Å². The summed E-state index contributed by atoms with van der Waals surface area (Å²) < 4.78 is 13.7. The average molecular weight is 226 g/mol. The highest BCUT2D eigenvalue weighted by Gasteiger charge is 2.12. The van der Waals surface area contributed by atoms with Gasteiger partial charge in [-0.3, -0.25) is 4.79 Å². The summed E-state index contributed by atoms with van der Waals surface area (Å²) >= 11 is 0. The Morgan fingerprint density at radius 2 is 2.31 bits per heavy atom. The minimum absolute atomic E-state index is 0.112. The fourth-order valence-corrected chi connectivity index (χ4v) is 1.34. The van der Waals surface area contributed by atoms with Gasteiger partial charge in [-0.15, -0.1) is 0 Å². The van der Waals surface area contributed by atoms with Gasteiger partial charge in [0.15, 0.2) is 11.6 Å². The summed E-state index contributed by atoms with van der Waals surface area (Å²) in [4.78, 5) is 18.3. The topological polar surface area (TPSA) is 80.9 Å². The second-order valence-corrected chi connectivity index (χ2v) is 3.55. The molecule has 1 heterocycles. The lowest BCUT2D eigenvalue weighted by atomic mass is 10.2. The highest BCUT2D eigenvalue weighted by atomic mass is 19.1. The lowest BCUT2D eigenvalue weighted by Gasteiger charge is -2.13. The third-order valence-electron chi connectivity index (χ3n) is 2.09. The number of rotatable bonds is 5. The molecular weight excluding hydrogens is 211 g/mol. The SMILES string of the molecule is CCc1ncnc(NC(C)CC(N)=O)c1F. The molecule has 0 bridgehead atoms. The van der Waals surface area contributed by atoms with Gasteiger partial charge in [-0.25, -0.2) is 14.4 Å². The average Bonchev–Trinajstić information content (AvgIpc) is 2.20. The Labute approximate surface area is 93.3 Å². The molecule has 6 heteroatoms. The predicted molar refractivity (Wildman–Crippen MR) is 58.3 cm³/mol. The van der Waals surface area contributed by atoms with Gasteiger partial charge >= 0.3 is 0 Å². The number of aryl methyl sites for hydroxylation is 1. The fourth-order valence-electron chi connectivity index (χ4n) is 1.34. The second kappa shape index (κ2) is 5.39. The monoisotopic (exact) mass is 226 g/mol. The summed E-state index contributed by atoms with van der Waals surface area (Å²) in [6, 6.07) is -0.258. The van der Waals surface area contributed by atoms with E-state index in [0.29, 0.717) is 12.1 Å². The highest BCUT2D eigenvalue weighted by Crippen LogP contribution is 2.14. The molecule has 1 rings (SSSR count). The van der Waals surface area contributed by atoms with E-state index in [0.717, 1.165) is 0 Å². The molecule has 3 N–H and O–H groups in total. The minimum atomic E-state index is -0.471.